The summed E-state index contributed by atoms with van der Waals surface area (Å²) in [6, 6.07) is 10.9. The molecule has 0 bridgehead atoms. The van der Waals surface area contributed by atoms with Crippen LogP contribution in [0.1, 0.15) is 48.5 Å². The molecule has 2 unspecified atom stereocenters. The van der Waals surface area contributed by atoms with Gasteiger partial charge in [0, 0.05) is 23.8 Å². The summed E-state index contributed by atoms with van der Waals surface area (Å²) in [5.41, 5.74) is 2.52. The Morgan fingerprint density at radius 3 is 2.63 bits per heavy atom. The van der Waals surface area contributed by atoms with Crippen molar-refractivity contribution in [2.24, 2.45) is 0 Å². The zero-order chi connectivity index (χ0) is 13.7. The van der Waals surface area contributed by atoms with Crippen molar-refractivity contribution in [1.29, 1.82) is 0 Å². The molecule has 2 atom stereocenters. The highest BCUT2D eigenvalue weighted by Gasteiger charge is 2.13. The van der Waals surface area contributed by atoms with E-state index in [0.717, 1.165) is 12.8 Å². The van der Waals surface area contributed by atoms with Gasteiger partial charge in [-0.15, -0.1) is 11.3 Å². The third kappa shape index (κ3) is 3.64. The Labute approximate surface area is 119 Å². The van der Waals surface area contributed by atoms with Gasteiger partial charge >= 0.3 is 0 Å². The number of nitrogens with one attached hydrogen (secondary N) is 1. The quantitative estimate of drug-likeness (QED) is 0.855. The SMILES string of the molecule is CCC(C)c1nc(CC(NC)c2ccccc2)cs1. The molecule has 0 spiro atoms. The molecule has 0 aliphatic rings. The molecule has 3 heteroatoms. The Bertz CT molecular complexity index is 492. The van der Waals surface area contributed by atoms with Crippen molar-refractivity contribution in [3.8, 4) is 0 Å². The highest BCUT2D eigenvalue weighted by molar-refractivity contribution is 7.09. The lowest BCUT2D eigenvalue weighted by molar-refractivity contribution is 0.583. The van der Waals surface area contributed by atoms with Crippen LogP contribution in [0.4, 0.5) is 0 Å². The van der Waals surface area contributed by atoms with E-state index in [4.69, 9.17) is 4.98 Å². The average molecular weight is 274 g/mol. The first-order valence-corrected chi connectivity index (χ1v) is 7.79. The Morgan fingerprint density at radius 2 is 2.00 bits per heavy atom. The maximum absolute atomic E-state index is 4.77. The van der Waals surface area contributed by atoms with Gasteiger partial charge in [-0.05, 0) is 19.0 Å². The van der Waals surface area contributed by atoms with Crippen LogP contribution in [0.3, 0.4) is 0 Å². The van der Waals surface area contributed by atoms with Crippen LogP contribution >= 0.6 is 11.3 Å². The van der Waals surface area contributed by atoms with Gasteiger partial charge in [-0.25, -0.2) is 4.98 Å². The molecule has 19 heavy (non-hydrogen) atoms. The van der Waals surface area contributed by atoms with Crippen molar-refractivity contribution < 1.29 is 0 Å². The lowest BCUT2D eigenvalue weighted by Crippen LogP contribution is -2.18. The number of rotatable bonds is 6. The molecule has 1 N–H and O–H groups in total. The summed E-state index contributed by atoms with van der Waals surface area (Å²) in [6.07, 6.45) is 2.11. The molecule has 1 aromatic carbocycles. The third-order valence-corrected chi connectivity index (χ3v) is 4.69. The van der Waals surface area contributed by atoms with E-state index in [9.17, 15) is 0 Å². The van der Waals surface area contributed by atoms with Crippen molar-refractivity contribution in [1.82, 2.24) is 10.3 Å². The van der Waals surface area contributed by atoms with Crippen molar-refractivity contribution in [2.45, 2.75) is 38.6 Å². The highest BCUT2D eigenvalue weighted by Crippen LogP contribution is 2.25. The molecule has 0 fully saturated rings. The van der Waals surface area contributed by atoms with E-state index in [1.807, 2.05) is 7.05 Å². The number of likely N-dealkylation sites (N-methyl/N-ethyl adjacent to an activating group) is 1. The second-order valence-corrected chi connectivity index (χ2v) is 5.83. The topological polar surface area (TPSA) is 24.9 Å². The molecule has 1 aromatic heterocycles. The van der Waals surface area contributed by atoms with Crippen LogP contribution in [0.5, 0.6) is 0 Å². The summed E-state index contributed by atoms with van der Waals surface area (Å²) < 4.78 is 0. The van der Waals surface area contributed by atoms with E-state index < -0.39 is 0 Å². The Hall–Kier alpha value is -1.19. The molecule has 0 amide bonds. The van der Waals surface area contributed by atoms with Gasteiger partial charge in [0.15, 0.2) is 0 Å². The van der Waals surface area contributed by atoms with Gasteiger partial charge < -0.3 is 5.32 Å². The number of aromatic nitrogens is 1. The molecule has 102 valence electrons. The molecular weight excluding hydrogens is 252 g/mol. The highest BCUT2D eigenvalue weighted by atomic mass is 32.1. The number of hydrogen-bond donors (Lipinski definition) is 1. The van der Waals surface area contributed by atoms with Crippen LogP contribution in [0.15, 0.2) is 35.7 Å². The third-order valence-electron chi connectivity index (χ3n) is 3.57. The van der Waals surface area contributed by atoms with Gasteiger partial charge in [0.1, 0.15) is 0 Å². The molecule has 0 saturated heterocycles. The minimum Gasteiger partial charge on any atom is -0.313 e. The second kappa shape index (κ2) is 6.83. The van der Waals surface area contributed by atoms with Gasteiger partial charge in [0.2, 0.25) is 0 Å². The summed E-state index contributed by atoms with van der Waals surface area (Å²) >= 11 is 1.79. The van der Waals surface area contributed by atoms with E-state index >= 15 is 0 Å². The Morgan fingerprint density at radius 1 is 1.26 bits per heavy atom. The van der Waals surface area contributed by atoms with Crippen LogP contribution in [0, 0.1) is 0 Å². The van der Waals surface area contributed by atoms with Gasteiger partial charge in [0.05, 0.1) is 10.7 Å². The molecule has 2 nitrogen and oxygen atoms in total. The van der Waals surface area contributed by atoms with E-state index in [1.165, 1.54) is 16.3 Å². The molecule has 0 aliphatic heterocycles. The molecule has 0 saturated carbocycles. The Kier molecular flexibility index (Phi) is 5.11. The van der Waals surface area contributed by atoms with Crippen molar-refractivity contribution in [3.63, 3.8) is 0 Å². The zero-order valence-corrected chi connectivity index (χ0v) is 12.7. The fourth-order valence-electron chi connectivity index (χ4n) is 2.10. The van der Waals surface area contributed by atoms with Crippen molar-refractivity contribution in [2.75, 3.05) is 7.05 Å². The molecule has 1 heterocycles. The second-order valence-electron chi connectivity index (χ2n) is 4.94. The summed E-state index contributed by atoms with van der Waals surface area (Å²) in [5.74, 6) is 0.573. The molecule has 0 aliphatic carbocycles. The molecule has 0 radical (unpaired) electrons. The number of hydrogen-bond acceptors (Lipinski definition) is 3. The van der Waals surface area contributed by atoms with Crippen LogP contribution in [-0.2, 0) is 6.42 Å². The lowest BCUT2D eigenvalue weighted by atomic mass is 10.0. The molecular formula is C16H22N2S. The van der Waals surface area contributed by atoms with E-state index in [2.05, 4.69) is 54.9 Å². The standard InChI is InChI=1S/C16H22N2S/c1-4-12(2)16-18-14(11-19-16)10-15(17-3)13-8-6-5-7-9-13/h5-9,11-12,15,17H,4,10H2,1-3H3. The van der Waals surface area contributed by atoms with Crippen molar-refractivity contribution in [3.05, 3.63) is 52.0 Å². The summed E-state index contributed by atoms with van der Waals surface area (Å²) in [7, 11) is 2.01. The fourth-order valence-corrected chi connectivity index (χ4v) is 3.07. The van der Waals surface area contributed by atoms with Gasteiger partial charge in [0.25, 0.3) is 0 Å². The summed E-state index contributed by atoms with van der Waals surface area (Å²) in [4.78, 5) is 4.77. The first-order chi connectivity index (χ1) is 9.24. The van der Waals surface area contributed by atoms with Crippen LogP contribution in [0.25, 0.3) is 0 Å². The number of benzene rings is 1. The average Bonchev–Trinajstić information content (AvgIpc) is 2.93. The minimum atomic E-state index is 0.341. The minimum absolute atomic E-state index is 0.341. The number of nitrogens with zero attached hydrogens (tertiary/aromatic N) is 1. The zero-order valence-electron chi connectivity index (χ0n) is 11.9. The summed E-state index contributed by atoms with van der Waals surface area (Å²) in [5, 5.41) is 6.85. The summed E-state index contributed by atoms with van der Waals surface area (Å²) in [6.45, 7) is 4.46. The van der Waals surface area contributed by atoms with E-state index in [-0.39, 0.29) is 0 Å². The normalized spacial score (nSPS) is 14.3. The Balaban J connectivity index is 2.09. The number of thiazole rings is 1. The first-order valence-electron chi connectivity index (χ1n) is 6.91. The van der Waals surface area contributed by atoms with Crippen molar-refractivity contribution >= 4 is 11.3 Å². The fraction of sp³-hybridized carbons (Fsp3) is 0.438. The maximum atomic E-state index is 4.77. The van der Waals surface area contributed by atoms with E-state index in [1.54, 1.807) is 11.3 Å². The first kappa shape index (κ1) is 14.2. The maximum Gasteiger partial charge on any atom is 0.0956 e. The van der Waals surface area contributed by atoms with Crippen LogP contribution < -0.4 is 5.32 Å². The van der Waals surface area contributed by atoms with Gasteiger partial charge in [-0.3, -0.25) is 0 Å². The predicted molar refractivity (Wildman–Crippen MR) is 82.8 cm³/mol. The lowest BCUT2D eigenvalue weighted by Gasteiger charge is -2.15. The van der Waals surface area contributed by atoms with Gasteiger partial charge in [-0.1, -0.05) is 44.2 Å². The van der Waals surface area contributed by atoms with E-state index in [0.29, 0.717) is 12.0 Å². The molecule has 2 rings (SSSR count). The van der Waals surface area contributed by atoms with Crippen LogP contribution in [0.2, 0.25) is 0 Å². The van der Waals surface area contributed by atoms with Crippen LogP contribution in [-0.4, -0.2) is 12.0 Å². The molecule has 2 aromatic rings. The monoisotopic (exact) mass is 274 g/mol. The smallest absolute Gasteiger partial charge is 0.0956 e. The van der Waals surface area contributed by atoms with Gasteiger partial charge in [-0.2, -0.15) is 0 Å². The predicted octanol–water partition coefficient (Wildman–Crippen LogP) is 4.16. The largest absolute Gasteiger partial charge is 0.313 e.